The van der Waals surface area contributed by atoms with E-state index < -0.39 is 0 Å². The average Bonchev–Trinajstić information content (AvgIpc) is 2.15. The first-order valence-corrected chi connectivity index (χ1v) is 5.75. The minimum absolute atomic E-state index is 0.307. The monoisotopic (exact) mass is 200 g/mol. The molecule has 0 spiro atoms. The summed E-state index contributed by atoms with van der Waals surface area (Å²) in [6.45, 7) is 4.70. The molecule has 1 N–H and O–H groups in total. The molecule has 2 atom stereocenters. The van der Waals surface area contributed by atoms with Crippen molar-refractivity contribution in [2.45, 2.75) is 52.4 Å². The third-order valence-electron chi connectivity index (χ3n) is 2.79. The molecule has 0 aromatic carbocycles. The van der Waals surface area contributed by atoms with Crippen LogP contribution in [-0.4, -0.2) is 18.0 Å². The molecule has 0 aliphatic carbocycles. The molecule has 84 valence electrons. The summed E-state index contributed by atoms with van der Waals surface area (Å²) >= 11 is 0. The summed E-state index contributed by atoms with van der Waals surface area (Å²) in [4.78, 5) is 10.1. The maximum absolute atomic E-state index is 10.1. The van der Waals surface area contributed by atoms with E-state index in [1.54, 1.807) is 0 Å². The summed E-state index contributed by atoms with van der Waals surface area (Å²) in [7, 11) is 0. The van der Waals surface area contributed by atoms with Crippen LogP contribution in [0.15, 0.2) is 0 Å². The van der Waals surface area contributed by atoms with E-state index in [0.29, 0.717) is 24.9 Å². The van der Waals surface area contributed by atoms with Crippen molar-refractivity contribution in [1.82, 2.24) is 0 Å². The molecular formula is C12H24O2. The van der Waals surface area contributed by atoms with Crippen molar-refractivity contribution in [3.05, 3.63) is 0 Å². The van der Waals surface area contributed by atoms with Gasteiger partial charge in [0, 0.05) is 13.0 Å². The van der Waals surface area contributed by atoms with Gasteiger partial charge in [0.2, 0.25) is 0 Å². The predicted octanol–water partition coefficient (Wildman–Crippen LogP) is 2.79. The largest absolute Gasteiger partial charge is 0.396 e. The molecule has 0 heterocycles. The highest BCUT2D eigenvalue weighted by Gasteiger charge is 2.04. The quantitative estimate of drug-likeness (QED) is 0.581. The van der Waals surface area contributed by atoms with E-state index in [2.05, 4.69) is 13.8 Å². The molecule has 0 radical (unpaired) electrons. The lowest BCUT2D eigenvalue weighted by Gasteiger charge is -2.12. The van der Waals surface area contributed by atoms with Crippen molar-refractivity contribution >= 4 is 6.29 Å². The third-order valence-corrected chi connectivity index (χ3v) is 2.79. The summed E-state index contributed by atoms with van der Waals surface area (Å²) < 4.78 is 0. The van der Waals surface area contributed by atoms with E-state index in [1.165, 1.54) is 19.3 Å². The first kappa shape index (κ1) is 13.6. The zero-order valence-corrected chi connectivity index (χ0v) is 9.54. The molecule has 0 amide bonds. The topological polar surface area (TPSA) is 37.3 Å². The van der Waals surface area contributed by atoms with Crippen LogP contribution in [-0.2, 0) is 4.79 Å². The number of carbonyl (C=O) groups excluding carboxylic acids is 1. The highest BCUT2D eigenvalue weighted by atomic mass is 16.3. The van der Waals surface area contributed by atoms with Crippen molar-refractivity contribution in [2.75, 3.05) is 6.61 Å². The van der Waals surface area contributed by atoms with Crippen LogP contribution in [0.1, 0.15) is 52.4 Å². The minimum atomic E-state index is 0.307. The second kappa shape index (κ2) is 9.20. The Labute approximate surface area is 87.7 Å². The molecule has 2 unspecified atom stereocenters. The first-order chi connectivity index (χ1) is 6.70. The van der Waals surface area contributed by atoms with Gasteiger partial charge in [-0.15, -0.1) is 0 Å². The number of rotatable bonds is 9. The molecule has 0 rings (SSSR count). The molecule has 0 fully saturated rings. The molecule has 2 nitrogen and oxygen atoms in total. The van der Waals surface area contributed by atoms with Crippen LogP contribution >= 0.6 is 0 Å². The Morgan fingerprint density at radius 2 is 1.64 bits per heavy atom. The van der Waals surface area contributed by atoms with Crippen LogP contribution < -0.4 is 0 Å². The van der Waals surface area contributed by atoms with Crippen LogP contribution in [0.2, 0.25) is 0 Å². The van der Waals surface area contributed by atoms with Gasteiger partial charge in [-0.05, 0) is 24.7 Å². The fraction of sp³-hybridized carbons (Fsp3) is 0.917. The molecule has 2 heteroatoms. The summed E-state index contributed by atoms with van der Waals surface area (Å²) in [5.74, 6) is 1.31. The normalized spacial score (nSPS) is 15.1. The Hall–Kier alpha value is -0.370. The van der Waals surface area contributed by atoms with Gasteiger partial charge in [0.15, 0.2) is 0 Å². The lowest BCUT2D eigenvalue weighted by atomic mass is 9.94. The summed E-state index contributed by atoms with van der Waals surface area (Å²) in [6.07, 6.45) is 7.29. The maximum Gasteiger partial charge on any atom is 0.120 e. The van der Waals surface area contributed by atoms with E-state index in [-0.39, 0.29) is 0 Å². The number of aliphatic hydroxyl groups excluding tert-OH is 1. The van der Waals surface area contributed by atoms with E-state index in [4.69, 9.17) is 5.11 Å². The fourth-order valence-corrected chi connectivity index (χ4v) is 1.68. The second-order valence-electron chi connectivity index (χ2n) is 4.40. The Morgan fingerprint density at radius 3 is 2.14 bits per heavy atom. The molecular weight excluding hydrogens is 176 g/mol. The van der Waals surface area contributed by atoms with Crippen LogP contribution in [0.25, 0.3) is 0 Å². The Morgan fingerprint density at radius 1 is 1.07 bits per heavy atom. The number of aliphatic hydroxyl groups is 1. The molecule has 0 aromatic rings. The van der Waals surface area contributed by atoms with Gasteiger partial charge in [-0.2, -0.15) is 0 Å². The maximum atomic E-state index is 10.1. The van der Waals surface area contributed by atoms with E-state index >= 15 is 0 Å². The van der Waals surface area contributed by atoms with Gasteiger partial charge in [0.25, 0.3) is 0 Å². The van der Waals surface area contributed by atoms with Crippen LogP contribution in [0.3, 0.4) is 0 Å². The third kappa shape index (κ3) is 8.24. The van der Waals surface area contributed by atoms with Gasteiger partial charge >= 0.3 is 0 Å². The van der Waals surface area contributed by atoms with Gasteiger partial charge in [0.05, 0.1) is 0 Å². The van der Waals surface area contributed by atoms with Crippen molar-refractivity contribution in [1.29, 1.82) is 0 Å². The van der Waals surface area contributed by atoms with Crippen LogP contribution in [0, 0.1) is 11.8 Å². The van der Waals surface area contributed by atoms with Gasteiger partial charge in [-0.25, -0.2) is 0 Å². The molecule has 0 aliphatic heterocycles. The number of hydrogen-bond donors (Lipinski definition) is 1. The van der Waals surface area contributed by atoms with Gasteiger partial charge in [0.1, 0.15) is 6.29 Å². The van der Waals surface area contributed by atoms with Crippen LogP contribution in [0.5, 0.6) is 0 Å². The summed E-state index contributed by atoms with van der Waals surface area (Å²) in [5.41, 5.74) is 0. The molecule has 0 saturated carbocycles. The van der Waals surface area contributed by atoms with E-state index in [1.807, 2.05) is 0 Å². The molecule has 14 heavy (non-hydrogen) atoms. The Kier molecular flexibility index (Phi) is 8.95. The smallest absolute Gasteiger partial charge is 0.120 e. The predicted molar refractivity (Wildman–Crippen MR) is 59.2 cm³/mol. The first-order valence-electron chi connectivity index (χ1n) is 5.75. The van der Waals surface area contributed by atoms with Gasteiger partial charge in [-0.1, -0.05) is 33.1 Å². The molecule has 0 aromatic heterocycles. The van der Waals surface area contributed by atoms with E-state index in [0.717, 1.165) is 19.1 Å². The van der Waals surface area contributed by atoms with Crippen molar-refractivity contribution in [3.63, 3.8) is 0 Å². The van der Waals surface area contributed by atoms with Gasteiger partial charge in [-0.3, -0.25) is 0 Å². The number of hydrogen-bond acceptors (Lipinski definition) is 2. The van der Waals surface area contributed by atoms with Gasteiger partial charge < -0.3 is 9.90 Å². The zero-order chi connectivity index (χ0) is 10.8. The number of carbonyl (C=O) groups is 1. The molecule has 0 aliphatic rings. The van der Waals surface area contributed by atoms with Crippen LogP contribution in [0.4, 0.5) is 0 Å². The zero-order valence-electron chi connectivity index (χ0n) is 9.54. The SMILES string of the molecule is CC(CCO)CCCC(C)CCC=O. The highest BCUT2D eigenvalue weighted by molar-refractivity contribution is 5.49. The lowest BCUT2D eigenvalue weighted by Crippen LogP contribution is -2.00. The second-order valence-corrected chi connectivity index (χ2v) is 4.40. The summed E-state index contributed by atoms with van der Waals surface area (Å²) in [5, 5.41) is 8.72. The van der Waals surface area contributed by atoms with Crippen molar-refractivity contribution < 1.29 is 9.90 Å². The highest BCUT2D eigenvalue weighted by Crippen LogP contribution is 2.17. The Balaban J connectivity index is 3.29. The van der Waals surface area contributed by atoms with Crippen molar-refractivity contribution in [3.8, 4) is 0 Å². The number of aldehydes is 1. The minimum Gasteiger partial charge on any atom is -0.396 e. The molecule has 0 saturated heterocycles. The standard InChI is InChI=1S/C12H24O2/c1-11(7-4-9-13)5-3-6-12(2)8-10-14/h9,11-12,14H,3-8,10H2,1-2H3. The molecule has 0 bridgehead atoms. The summed E-state index contributed by atoms with van der Waals surface area (Å²) in [6, 6.07) is 0. The average molecular weight is 200 g/mol. The van der Waals surface area contributed by atoms with Crippen molar-refractivity contribution in [2.24, 2.45) is 11.8 Å². The van der Waals surface area contributed by atoms with E-state index in [9.17, 15) is 4.79 Å². The Bertz CT molecular complexity index is 134. The fourth-order valence-electron chi connectivity index (χ4n) is 1.68. The lowest BCUT2D eigenvalue weighted by molar-refractivity contribution is -0.108.